The summed E-state index contributed by atoms with van der Waals surface area (Å²) < 4.78 is 13.4. The molecule has 1 aromatic carbocycles. The number of hydrogen-bond acceptors (Lipinski definition) is 6. The van der Waals surface area contributed by atoms with Crippen molar-refractivity contribution in [1.82, 2.24) is 9.78 Å². The number of aromatic nitrogens is 2. The molecule has 1 unspecified atom stereocenters. The molecule has 2 amide bonds. The molecule has 10 heteroatoms. The van der Waals surface area contributed by atoms with E-state index < -0.39 is 22.7 Å². The fourth-order valence-corrected chi connectivity index (χ4v) is 5.30. The SMILES string of the molecule is CCc1cc(N2CC(C(C)(C)O)C2)ccc1NC(=O)c1c(CC)nn(CCC2CC2)c1NC(=O)C[S+](C)[O-]. The molecule has 1 saturated heterocycles. The fraction of sp³-hybridized carbons (Fsp3) is 0.607. The zero-order valence-electron chi connectivity index (χ0n) is 23.2. The van der Waals surface area contributed by atoms with Gasteiger partial charge in [0, 0.05) is 36.9 Å². The predicted octanol–water partition coefficient (Wildman–Crippen LogP) is 3.58. The summed E-state index contributed by atoms with van der Waals surface area (Å²) in [4.78, 5) is 28.5. The van der Waals surface area contributed by atoms with E-state index >= 15 is 0 Å². The molecule has 1 aliphatic carbocycles. The van der Waals surface area contributed by atoms with Crippen LogP contribution in [0.3, 0.4) is 0 Å². The van der Waals surface area contributed by atoms with Crippen molar-refractivity contribution in [3.63, 3.8) is 0 Å². The molecule has 2 aliphatic rings. The molecule has 208 valence electrons. The maximum absolute atomic E-state index is 13.7. The molecule has 2 fully saturated rings. The van der Waals surface area contributed by atoms with Crippen molar-refractivity contribution in [2.75, 3.05) is 40.6 Å². The Bertz CT molecular complexity index is 1160. The summed E-state index contributed by atoms with van der Waals surface area (Å²) in [6.07, 6.45) is 6.11. The van der Waals surface area contributed by atoms with Crippen molar-refractivity contribution < 1.29 is 19.2 Å². The van der Waals surface area contributed by atoms with E-state index in [-0.39, 0.29) is 17.6 Å². The summed E-state index contributed by atoms with van der Waals surface area (Å²) in [5.74, 6) is 0.429. The third kappa shape index (κ3) is 6.71. The highest BCUT2D eigenvalue weighted by Gasteiger charge is 2.37. The Morgan fingerprint density at radius 3 is 2.47 bits per heavy atom. The highest BCUT2D eigenvalue weighted by molar-refractivity contribution is 7.91. The number of hydrogen-bond donors (Lipinski definition) is 3. The first kappa shape index (κ1) is 28.4. The molecule has 0 bridgehead atoms. The van der Waals surface area contributed by atoms with Crippen LogP contribution in [0.5, 0.6) is 0 Å². The number of rotatable bonds is 12. The average molecular weight is 544 g/mol. The summed E-state index contributed by atoms with van der Waals surface area (Å²) >= 11 is -1.30. The maximum Gasteiger partial charge on any atom is 0.275 e. The number of carbonyl (C=O) groups is 2. The summed E-state index contributed by atoms with van der Waals surface area (Å²) in [6, 6.07) is 6.01. The van der Waals surface area contributed by atoms with Crippen LogP contribution in [0.25, 0.3) is 0 Å². The smallest absolute Gasteiger partial charge is 0.275 e. The van der Waals surface area contributed by atoms with Crippen LogP contribution >= 0.6 is 0 Å². The number of benzene rings is 1. The van der Waals surface area contributed by atoms with Crippen molar-refractivity contribution in [1.29, 1.82) is 0 Å². The Morgan fingerprint density at radius 1 is 1.18 bits per heavy atom. The number of nitrogens with one attached hydrogen (secondary N) is 2. The minimum atomic E-state index is -1.30. The van der Waals surface area contributed by atoms with E-state index in [2.05, 4.69) is 33.6 Å². The molecule has 2 aromatic rings. The van der Waals surface area contributed by atoms with Gasteiger partial charge < -0.3 is 25.2 Å². The molecular formula is C28H41N5O4S. The lowest BCUT2D eigenvalue weighted by Gasteiger charge is -2.46. The van der Waals surface area contributed by atoms with Gasteiger partial charge in [-0.2, -0.15) is 5.10 Å². The quantitative estimate of drug-likeness (QED) is 0.352. The molecule has 1 atom stereocenters. The van der Waals surface area contributed by atoms with Gasteiger partial charge in [0.15, 0.2) is 5.75 Å². The van der Waals surface area contributed by atoms with Crippen molar-refractivity contribution in [2.24, 2.45) is 11.8 Å². The van der Waals surface area contributed by atoms with Crippen LogP contribution < -0.4 is 15.5 Å². The second kappa shape index (κ2) is 11.7. The van der Waals surface area contributed by atoms with Crippen molar-refractivity contribution in [2.45, 2.75) is 71.9 Å². The normalized spacial score (nSPS) is 16.8. The lowest BCUT2D eigenvalue weighted by molar-refractivity contribution is -0.113. The van der Waals surface area contributed by atoms with Gasteiger partial charge in [0.1, 0.15) is 11.4 Å². The fourth-order valence-electron chi connectivity index (χ4n) is 4.86. The number of aliphatic hydroxyl groups is 1. The molecule has 1 saturated carbocycles. The Labute approximate surface area is 228 Å². The first-order valence-electron chi connectivity index (χ1n) is 13.6. The molecule has 1 aliphatic heterocycles. The van der Waals surface area contributed by atoms with Gasteiger partial charge in [0.2, 0.25) is 0 Å². The van der Waals surface area contributed by atoms with Crippen molar-refractivity contribution in [3.05, 3.63) is 35.0 Å². The lowest BCUT2D eigenvalue weighted by Crippen LogP contribution is -2.55. The Hall–Kier alpha value is -2.56. The van der Waals surface area contributed by atoms with Gasteiger partial charge in [-0.15, -0.1) is 0 Å². The number of aryl methyl sites for hydroxylation is 3. The van der Waals surface area contributed by atoms with Gasteiger partial charge in [-0.25, -0.2) is 4.68 Å². The molecule has 4 rings (SSSR count). The molecule has 2 heterocycles. The molecular weight excluding hydrogens is 502 g/mol. The highest BCUT2D eigenvalue weighted by Crippen LogP contribution is 2.35. The second-order valence-electron chi connectivity index (χ2n) is 11.1. The zero-order chi connectivity index (χ0) is 27.6. The Kier molecular flexibility index (Phi) is 8.74. The van der Waals surface area contributed by atoms with Crippen LogP contribution in [0.15, 0.2) is 18.2 Å². The number of carbonyl (C=O) groups excluding carboxylic acids is 2. The van der Waals surface area contributed by atoms with Crippen LogP contribution in [-0.4, -0.2) is 62.0 Å². The van der Waals surface area contributed by atoms with Gasteiger partial charge in [0.05, 0.1) is 17.6 Å². The topological polar surface area (TPSA) is 123 Å². The standard InChI is InChI=1S/C28H41N5O4S/c1-6-19-14-21(32-15-20(16-32)28(3,4)36)10-11-23(19)29-27(35)25-22(7-2)31-33(13-12-18-8-9-18)26(25)30-24(34)17-38(5)37/h10-11,14,18,20,36H,6-9,12-13,15-17H2,1-5H3,(H,29,35)(H,30,34). The van der Waals surface area contributed by atoms with Crippen LogP contribution in [0.4, 0.5) is 17.2 Å². The van der Waals surface area contributed by atoms with Gasteiger partial charge in [-0.3, -0.25) is 9.59 Å². The van der Waals surface area contributed by atoms with E-state index in [1.807, 2.05) is 32.9 Å². The number of nitrogens with zero attached hydrogens (tertiary/aromatic N) is 3. The van der Waals surface area contributed by atoms with E-state index in [1.165, 1.54) is 19.1 Å². The van der Waals surface area contributed by atoms with E-state index in [0.29, 0.717) is 36.0 Å². The van der Waals surface area contributed by atoms with E-state index in [1.54, 1.807) is 4.68 Å². The highest BCUT2D eigenvalue weighted by atomic mass is 32.2. The molecule has 0 radical (unpaired) electrons. The molecule has 0 spiro atoms. The van der Waals surface area contributed by atoms with Gasteiger partial charge in [-0.1, -0.05) is 26.7 Å². The summed E-state index contributed by atoms with van der Waals surface area (Å²) in [6.45, 7) is 9.90. The van der Waals surface area contributed by atoms with Crippen LogP contribution in [0.1, 0.15) is 68.6 Å². The van der Waals surface area contributed by atoms with Crippen molar-refractivity contribution >= 4 is 40.2 Å². The monoisotopic (exact) mass is 543 g/mol. The molecule has 1 aromatic heterocycles. The third-order valence-electron chi connectivity index (χ3n) is 7.59. The Balaban J connectivity index is 1.56. The summed E-state index contributed by atoms with van der Waals surface area (Å²) in [7, 11) is 0. The van der Waals surface area contributed by atoms with Gasteiger partial charge in [0.25, 0.3) is 11.8 Å². The minimum absolute atomic E-state index is 0.136. The van der Waals surface area contributed by atoms with E-state index in [0.717, 1.165) is 42.9 Å². The minimum Gasteiger partial charge on any atom is -0.616 e. The largest absolute Gasteiger partial charge is 0.616 e. The van der Waals surface area contributed by atoms with Gasteiger partial charge >= 0.3 is 0 Å². The molecule has 3 N–H and O–H groups in total. The van der Waals surface area contributed by atoms with E-state index in [4.69, 9.17) is 0 Å². The average Bonchev–Trinajstić information content (AvgIpc) is 3.57. The van der Waals surface area contributed by atoms with E-state index in [9.17, 15) is 19.2 Å². The Morgan fingerprint density at radius 2 is 1.89 bits per heavy atom. The summed E-state index contributed by atoms with van der Waals surface area (Å²) in [5, 5.41) is 20.9. The number of anilines is 3. The van der Waals surface area contributed by atoms with Crippen molar-refractivity contribution in [3.8, 4) is 0 Å². The first-order chi connectivity index (χ1) is 18.0. The maximum atomic E-state index is 13.7. The van der Waals surface area contributed by atoms with Gasteiger partial charge in [-0.05, 0) is 74.0 Å². The predicted molar refractivity (Wildman–Crippen MR) is 152 cm³/mol. The first-order valence-corrected chi connectivity index (χ1v) is 15.3. The number of amides is 2. The third-order valence-corrected chi connectivity index (χ3v) is 8.26. The summed E-state index contributed by atoms with van der Waals surface area (Å²) in [5.41, 5.74) is 3.09. The van der Waals surface area contributed by atoms with Crippen LogP contribution in [0.2, 0.25) is 0 Å². The molecule has 9 nitrogen and oxygen atoms in total. The van der Waals surface area contributed by atoms with Crippen LogP contribution in [-0.2, 0) is 35.4 Å². The second-order valence-corrected chi connectivity index (χ2v) is 12.6. The molecule has 38 heavy (non-hydrogen) atoms. The lowest BCUT2D eigenvalue weighted by atomic mass is 9.84. The van der Waals surface area contributed by atoms with Crippen LogP contribution in [0, 0.1) is 11.8 Å². The zero-order valence-corrected chi connectivity index (χ0v) is 24.0.